The molecule has 0 aromatic heterocycles. The van der Waals surface area contributed by atoms with Crippen LogP contribution < -0.4 is 5.32 Å². The Hall–Kier alpha value is -1.06. The molecule has 0 heterocycles. The monoisotopic (exact) mass is 199 g/mol. The van der Waals surface area contributed by atoms with E-state index >= 15 is 0 Å². The molecule has 1 atom stereocenters. The van der Waals surface area contributed by atoms with Gasteiger partial charge in [0.2, 0.25) is 5.91 Å². The maximum Gasteiger partial charge on any atom is 0.311 e. The van der Waals surface area contributed by atoms with E-state index in [9.17, 15) is 9.59 Å². The summed E-state index contributed by atoms with van der Waals surface area (Å²) in [5, 5.41) is 11.6. The maximum atomic E-state index is 11.3. The van der Waals surface area contributed by atoms with Crippen LogP contribution in [0.5, 0.6) is 0 Å². The highest BCUT2D eigenvalue weighted by Gasteiger charge is 2.34. The Balaban J connectivity index is 2.40. The van der Waals surface area contributed by atoms with Crippen LogP contribution in [0, 0.1) is 11.3 Å². The van der Waals surface area contributed by atoms with Crippen LogP contribution in [0.3, 0.4) is 0 Å². The number of carboxylic acids is 1. The van der Waals surface area contributed by atoms with Crippen molar-refractivity contribution in [3.63, 3.8) is 0 Å². The molecule has 80 valence electrons. The molecule has 0 saturated heterocycles. The van der Waals surface area contributed by atoms with Gasteiger partial charge in [-0.05, 0) is 26.2 Å². The summed E-state index contributed by atoms with van der Waals surface area (Å²) >= 11 is 0. The van der Waals surface area contributed by atoms with E-state index in [1.165, 1.54) is 0 Å². The van der Waals surface area contributed by atoms with Crippen LogP contribution in [0.1, 0.15) is 33.1 Å². The normalized spacial score (nSPS) is 19.9. The zero-order valence-corrected chi connectivity index (χ0v) is 8.67. The number of amides is 1. The Kier molecular flexibility index (Phi) is 3.13. The van der Waals surface area contributed by atoms with Crippen LogP contribution in [0.2, 0.25) is 0 Å². The molecule has 1 amide bonds. The number of rotatable bonds is 5. The van der Waals surface area contributed by atoms with E-state index in [0.717, 1.165) is 12.8 Å². The highest BCUT2D eigenvalue weighted by molar-refractivity contribution is 5.82. The molecule has 4 nitrogen and oxygen atoms in total. The standard InChI is InChI=1S/C10H17NO3/c1-3-10(2,9(13)14)6-11-8(12)7-4-5-7/h7H,3-6H2,1-2H3,(H,11,12)(H,13,14). The number of carbonyl (C=O) groups excluding carboxylic acids is 1. The number of nitrogens with one attached hydrogen (secondary N) is 1. The van der Waals surface area contributed by atoms with Gasteiger partial charge in [-0.2, -0.15) is 0 Å². The SMILES string of the molecule is CCC(C)(CNC(=O)C1CC1)C(=O)O. The third-order valence-corrected chi connectivity index (χ3v) is 2.90. The van der Waals surface area contributed by atoms with E-state index in [2.05, 4.69) is 5.32 Å². The lowest BCUT2D eigenvalue weighted by Gasteiger charge is -2.23. The largest absolute Gasteiger partial charge is 0.481 e. The van der Waals surface area contributed by atoms with Crippen molar-refractivity contribution in [3.05, 3.63) is 0 Å². The molecular weight excluding hydrogens is 182 g/mol. The highest BCUT2D eigenvalue weighted by atomic mass is 16.4. The van der Waals surface area contributed by atoms with Gasteiger partial charge >= 0.3 is 5.97 Å². The second kappa shape index (κ2) is 3.98. The second-order valence-corrected chi connectivity index (χ2v) is 4.21. The summed E-state index contributed by atoms with van der Waals surface area (Å²) in [7, 11) is 0. The molecule has 14 heavy (non-hydrogen) atoms. The van der Waals surface area contributed by atoms with Crippen molar-refractivity contribution >= 4 is 11.9 Å². The summed E-state index contributed by atoms with van der Waals surface area (Å²) in [6, 6.07) is 0. The van der Waals surface area contributed by atoms with Gasteiger partial charge in [-0.25, -0.2) is 0 Å². The first kappa shape index (κ1) is 11.0. The quantitative estimate of drug-likeness (QED) is 0.694. The van der Waals surface area contributed by atoms with Gasteiger partial charge in [0.05, 0.1) is 5.41 Å². The molecule has 1 saturated carbocycles. The third kappa shape index (κ3) is 2.47. The van der Waals surface area contributed by atoms with E-state index in [0.29, 0.717) is 6.42 Å². The summed E-state index contributed by atoms with van der Waals surface area (Å²) in [4.78, 5) is 22.2. The fraction of sp³-hybridized carbons (Fsp3) is 0.800. The molecule has 2 N–H and O–H groups in total. The van der Waals surface area contributed by atoms with Crippen LogP contribution in [0.15, 0.2) is 0 Å². The molecule has 4 heteroatoms. The first-order valence-electron chi connectivity index (χ1n) is 5.00. The molecule has 1 aliphatic rings. The molecule has 1 unspecified atom stereocenters. The minimum absolute atomic E-state index is 0.00549. The van der Waals surface area contributed by atoms with Crippen molar-refractivity contribution in [2.24, 2.45) is 11.3 Å². The van der Waals surface area contributed by atoms with Gasteiger partial charge in [-0.1, -0.05) is 6.92 Å². The lowest BCUT2D eigenvalue weighted by atomic mass is 9.87. The van der Waals surface area contributed by atoms with E-state index in [1.807, 2.05) is 6.92 Å². The summed E-state index contributed by atoms with van der Waals surface area (Å²) < 4.78 is 0. The first-order valence-corrected chi connectivity index (χ1v) is 5.00. The Morgan fingerprint density at radius 1 is 1.50 bits per heavy atom. The maximum absolute atomic E-state index is 11.3. The van der Waals surface area contributed by atoms with Gasteiger partial charge in [0.15, 0.2) is 0 Å². The zero-order valence-electron chi connectivity index (χ0n) is 8.67. The summed E-state index contributed by atoms with van der Waals surface area (Å²) in [6.07, 6.45) is 2.41. The third-order valence-electron chi connectivity index (χ3n) is 2.90. The van der Waals surface area contributed by atoms with Gasteiger partial charge < -0.3 is 10.4 Å². The Morgan fingerprint density at radius 2 is 2.07 bits per heavy atom. The number of carboxylic acid groups (broad SMARTS) is 1. The van der Waals surface area contributed by atoms with E-state index in [-0.39, 0.29) is 18.4 Å². The molecule has 0 aromatic carbocycles. The lowest BCUT2D eigenvalue weighted by Crippen LogP contribution is -2.41. The van der Waals surface area contributed by atoms with Crippen LogP contribution >= 0.6 is 0 Å². The fourth-order valence-electron chi connectivity index (χ4n) is 1.12. The molecule has 1 rings (SSSR count). The summed E-state index contributed by atoms with van der Waals surface area (Å²) in [5.74, 6) is -0.702. The molecule has 0 aliphatic heterocycles. The van der Waals surface area contributed by atoms with Crippen molar-refractivity contribution in [1.82, 2.24) is 5.32 Å². The predicted molar refractivity (Wildman–Crippen MR) is 51.8 cm³/mol. The first-order chi connectivity index (χ1) is 6.49. The summed E-state index contributed by atoms with van der Waals surface area (Å²) in [6.45, 7) is 3.70. The minimum atomic E-state index is -0.851. The predicted octanol–water partition coefficient (Wildman–Crippen LogP) is 1.01. The Labute approximate surface area is 83.7 Å². The van der Waals surface area contributed by atoms with Crippen LogP contribution in [-0.2, 0) is 9.59 Å². The number of aliphatic carboxylic acids is 1. The van der Waals surface area contributed by atoms with Crippen LogP contribution in [0.4, 0.5) is 0 Å². The molecular formula is C10H17NO3. The number of carbonyl (C=O) groups is 2. The van der Waals surface area contributed by atoms with Crippen molar-refractivity contribution in [2.75, 3.05) is 6.54 Å². The van der Waals surface area contributed by atoms with E-state index < -0.39 is 11.4 Å². The fourth-order valence-corrected chi connectivity index (χ4v) is 1.12. The smallest absolute Gasteiger partial charge is 0.311 e. The average Bonchev–Trinajstić information content (AvgIpc) is 2.96. The van der Waals surface area contributed by atoms with Crippen molar-refractivity contribution in [2.45, 2.75) is 33.1 Å². The van der Waals surface area contributed by atoms with Gasteiger partial charge in [0, 0.05) is 12.5 Å². The number of hydrogen-bond donors (Lipinski definition) is 2. The van der Waals surface area contributed by atoms with E-state index in [4.69, 9.17) is 5.11 Å². The van der Waals surface area contributed by atoms with Gasteiger partial charge in [0.1, 0.15) is 0 Å². The topological polar surface area (TPSA) is 66.4 Å². The molecule has 0 spiro atoms. The Bertz CT molecular complexity index is 248. The van der Waals surface area contributed by atoms with Crippen molar-refractivity contribution < 1.29 is 14.7 Å². The van der Waals surface area contributed by atoms with Crippen LogP contribution in [0.25, 0.3) is 0 Å². The molecule has 0 radical (unpaired) electrons. The van der Waals surface area contributed by atoms with E-state index in [1.54, 1.807) is 6.92 Å². The molecule has 0 aromatic rings. The molecule has 0 bridgehead atoms. The lowest BCUT2D eigenvalue weighted by molar-refractivity contribution is -0.148. The van der Waals surface area contributed by atoms with Gasteiger partial charge in [-0.3, -0.25) is 9.59 Å². The minimum Gasteiger partial charge on any atom is -0.481 e. The molecule has 1 aliphatic carbocycles. The number of hydrogen-bond acceptors (Lipinski definition) is 2. The highest BCUT2D eigenvalue weighted by Crippen LogP contribution is 2.29. The van der Waals surface area contributed by atoms with Gasteiger partial charge in [-0.15, -0.1) is 0 Å². The van der Waals surface area contributed by atoms with Gasteiger partial charge in [0.25, 0.3) is 0 Å². The van der Waals surface area contributed by atoms with Crippen molar-refractivity contribution in [3.8, 4) is 0 Å². The summed E-state index contributed by atoms with van der Waals surface area (Å²) in [5.41, 5.74) is -0.829. The van der Waals surface area contributed by atoms with Crippen molar-refractivity contribution in [1.29, 1.82) is 0 Å². The molecule has 1 fully saturated rings. The average molecular weight is 199 g/mol. The second-order valence-electron chi connectivity index (χ2n) is 4.21. The Morgan fingerprint density at radius 3 is 2.43 bits per heavy atom. The van der Waals surface area contributed by atoms with Crippen LogP contribution in [-0.4, -0.2) is 23.5 Å². The zero-order chi connectivity index (χ0) is 10.8.